The Bertz CT molecular complexity index is 910. The molecule has 2 aromatic rings. The van der Waals surface area contributed by atoms with Crippen LogP contribution in [0.1, 0.15) is 48.9 Å². The monoisotopic (exact) mass is 432 g/mol. The highest BCUT2D eigenvalue weighted by Gasteiger charge is 2.34. The van der Waals surface area contributed by atoms with E-state index < -0.39 is 11.8 Å². The minimum atomic E-state index is -2.58. The van der Waals surface area contributed by atoms with E-state index in [1.54, 1.807) is 30.6 Å². The first-order chi connectivity index (χ1) is 14.9. The summed E-state index contributed by atoms with van der Waals surface area (Å²) in [5.74, 6) is -1.71. The zero-order chi connectivity index (χ0) is 21.8. The van der Waals surface area contributed by atoms with Gasteiger partial charge in [-0.05, 0) is 43.9 Å². The number of ether oxygens (including phenoxy) is 1. The molecule has 3 N–H and O–H groups in total. The van der Waals surface area contributed by atoms with Gasteiger partial charge in [-0.25, -0.2) is 18.7 Å². The van der Waals surface area contributed by atoms with Crippen LogP contribution in [0.25, 0.3) is 0 Å². The summed E-state index contributed by atoms with van der Waals surface area (Å²) in [6, 6.07) is 5.19. The van der Waals surface area contributed by atoms with Crippen molar-refractivity contribution < 1.29 is 18.3 Å². The molecule has 1 saturated carbocycles. The lowest BCUT2D eigenvalue weighted by Crippen LogP contribution is -2.40. The van der Waals surface area contributed by atoms with Crippen molar-refractivity contribution in [2.24, 2.45) is 5.73 Å². The fraction of sp³-hybridized carbons (Fsp3) is 0.524. The minimum absolute atomic E-state index is 0.0479. The quantitative estimate of drug-likeness (QED) is 0.723. The number of aromatic nitrogens is 3. The third-order valence-electron chi connectivity index (χ3n) is 5.78. The van der Waals surface area contributed by atoms with E-state index in [9.17, 15) is 13.6 Å². The molecule has 0 radical (unpaired) electrons. The summed E-state index contributed by atoms with van der Waals surface area (Å²) in [6.45, 7) is 0.569. The Morgan fingerprint density at radius 1 is 1.13 bits per heavy atom. The highest BCUT2D eigenvalue weighted by atomic mass is 19.3. The molecule has 2 fully saturated rings. The number of hydrogen-bond donors (Lipinski definition) is 2. The van der Waals surface area contributed by atoms with Crippen LogP contribution in [0.15, 0.2) is 30.6 Å². The number of anilines is 2. The number of primary amides is 1. The SMILES string of the molecule is NC(=O)c1cccnc1OC1CCC(Nc2nccc(N3CCC(F)(F)CC3)n2)CC1. The van der Waals surface area contributed by atoms with Gasteiger partial charge in [0.1, 0.15) is 17.5 Å². The van der Waals surface area contributed by atoms with Crippen molar-refractivity contribution in [2.45, 2.75) is 56.6 Å². The van der Waals surface area contributed by atoms with Crippen molar-refractivity contribution in [3.63, 3.8) is 0 Å². The molecule has 1 aliphatic heterocycles. The number of nitrogens with two attached hydrogens (primary N) is 1. The highest BCUT2D eigenvalue weighted by molar-refractivity contribution is 5.94. The van der Waals surface area contributed by atoms with Crippen LogP contribution >= 0.6 is 0 Å². The standard InChI is InChI=1S/C21H26F2N6O2/c22-21(23)8-12-29(13-9-21)17-7-11-26-20(28-17)27-14-3-5-15(6-4-14)31-19-16(18(24)30)2-1-10-25-19/h1-2,7,10-11,14-15H,3-6,8-9,12-13H2,(H2,24,30)(H,26,27,28). The number of nitrogens with zero attached hydrogens (tertiary/aromatic N) is 4. The largest absolute Gasteiger partial charge is 0.474 e. The number of alkyl halides is 2. The first-order valence-electron chi connectivity index (χ1n) is 10.5. The predicted molar refractivity (Wildman–Crippen MR) is 111 cm³/mol. The smallest absolute Gasteiger partial charge is 0.254 e. The lowest BCUT2D eigenvalue weighted by atomic mass is 9.93. The number of halogens is 2. The van der Waals surface area contributed by atoms with Crippen LogP contribution in [0.5, 0.6) is 5.88 Å². The van der Waals surface area contributed by atoms with E-state index in [0.29, 0.717) is 11.8 Å². The molecule has 1 aliphatic carbocycles. The van der Waals surface area contributed by atoms with Crippen LogP contribution in [0.2, 0.25) is 0 Å². The summed E-state index contributed by atoms with van der Waals surface area (Å²) in [4.78, 5) is 26.3. The van der Waals surface area contributed by atoms with Gasteiger partial charge in [-0.15, -0.1) is 0 Å². The molecule has 0 unspecified atom stereocenters. The second-order valence-electron chi connectivity index (χ2n) is 8.04. The van der Waals surface area contributed by atoms with Gasteiger partial charge < -0.3 is 20.7 Å². The van der Waals surface area contributed by atoms with E-state index in [1.165, 1.54) is 0 Å². The van der Waals surface area contributed by atoms with Crippen molar-refractivity contribution in [3.8, 4) is 5.88 Å². The summed E-state index contributed by atoms with van der Waals surface area (Å²) >= 11 is 0. The summed E-state index contributed by atoms with van der Waals surface area (Å²) in [5.41, 5.74) is 5.66. The van der Waals surface area contributed by atoms with Crippen molar-refractivity contribution in [3.05, 3.63) is 36.2 Å². The molecule has 0 aromatic carbocycles. The van der Waals surface area contributed by atoms with Gasteiger partial charge in [0.05, 0.1) is 0 Å². The Hall–Kier alpha value is -3.04. The van der Waals surface area contributed by atoms with Gasteiger partial charge in [0.25, 0.3) is 11.8 Å². The average Bonchev–Trinajstić information content (AvgIpc) is 2.75. The van der Waals surface area contributed by atoms with Crippen molar-refractivity contribution in [1.82, 2.24) is 15.0 Å². The number of piperidine rings is 1. The molecule has 2 aliphatic rings. The maximum absolute atomic E-state index is 13.4. The van der Waals surface area contributed by atoms with Crippen molar-refractivity contribution in [2.75, 3.05) is 23.3 Å². The molecule has 8 nitrogen and oxygen atoms in total. The number of pyridine rings is 1. The second-order valence-corrected chi connectivity index (χ2v) is 8.04. The number of carbonyl (C=O) groups is 1. The third kappa shape index (κ3) is 5.36. The van der Waals surface area contributed by atoms with Gasteiger partial charge in [0.15, 0.2) is 0 Å². The lowest BCUT2D eigenvalue weighted by Gasteiger charge is -2.33. The van der Waals surface area contributed by atoms with Gasteiger partial charge >= 0.3 is 0 Å². The number of nitrogens with one attached hydrogen (secondary N) is 1. The summed E-state index contributed by atoms with van der Waals surface area (Å²) in [5, 5.41) is 3.35. The van der Waals surface area contributed by atoms with Crippen LogP contribution in [-0.2, 0) is 0 Å². The van der Waals surface area contributed by atoms with Crippen molar-refractivity contribution in [1.29, 1.82) is 0 Å². The summed E-state index contributed by atoms with van der Waals surface area (Å²) in [6.07, 6.45) is 6.12. The topological polar surface area (TPSA) is 106 Å². The molecule has 0 bridgehead atoms. The Balaban J connectivity index is 1.30. The molecule has 1 saturated heterocycles. The number of rotatable bonds is 6. The minimum Gasteiger partial charge on any atom is -0.474 e. The van der Waals surface area contributed by atoms with E-state index >= 15 is 0 Å². The Labute approximate surface area is 179 Å². The zero-order valence-electron chi connectivity index (χ0n) is 17.1. The van der Waals surface area contributed by atoms with E-state index in [0.717, 1.165) is 25.7 Å². The summed E-state index contributed by atoms with van der Waals surface area (Å²) in [7, 11) is 0. The molecular weight excluding hydrogens is 406 g/mol. The van der Waals surface area contributed by atoms with Gasteiger partial charge in [-0.3, -0.25) is 4.79 Å². The van der Waals surface area contributed by atoms with Crippen LogP contribution in [0.4, 0.5) is 20.5 Å². The molecule has 3 heterocycles. The van der Waals surface area contributed by atoms with Crippen LogP contribution in [0.3, 0.4) is 0 Å². The normalized spacial score (nSPS) is 23.2. The number of hydrogen-bond acceptors (Lipinski definition) is 7. The second kappa shape index (κ2) is 8.99. The van der Waals surface area contributed by atoms with Gasteiger partial charge in [-0.2, -0.15) is 4.98 Å². The molecule has 4 rings (SSSR count). The first-order valence-corrected chi connectivity index (χ1v) is 10.5. The molecule has 0 atom stereocenters. The van der Waals surface area contributed by atoms with Crippen LogP contribution in [0, 0.1) is 0 Å². The van der Waals surface area contributed by atoms with Gasteiger partial charge in [0, 0.05) is 44.4 Å². The average molecular weight is 432 g/mol. The summed E-state index contributed by atoms with van der Waals surface area (Å²) < 4.78 is 32.7. The molecule has 0 spiro atoms. The Kier molecular flexibility index (Phi) is 6.15. The van der Waals surface area contributed by atoms with E-state index in [4.69, 9.17) is 10.5 Å². The molecule has 31 heavy (non-hydrogen) atoms. The van der Waals surface area contributed by atoms with E-state index in [-0.39, 0.29) is 49.5 Å². The Morgan fingerprint density at radius 2 is 1.87 bits per heavy atom. The molecule has 166 valence electrons. The number of carbonyl (C=O) groups excluding carboxylic acids is 1. The first kappa shape index (κ1) is 21.2. The van der Waals surface area contributed by atoms with Crippen LogP contribution < -0.4 is 20.7 Å². The predicted octanol–water partition coefficient (Wildman–Crippen LogP) is 3.01. The number of amides is 1. The maximum Gasteiger partial charge on any atom is 0.254 e. The highest BCUT2D eigenvalue weighted by Crippen LogP contribution is 2.30. The third-order valence-corrected chi connectivity index (χ3v) is 5.78. The van der Waals surface area contributed by atoms with Gasteiger partial charge in [-0.1, -0.05) is 0 Å². The molecule has 2 aromatic heterocycles. The van der Waals surface area contributed by atoms with Crippen LogP contribution in [-0.4, -0.2) is 52.0 Å². The Morgan fingerprint density at radius 3 is 2.58 bits per heavy atom. The fourth-order valence-electron chi connectivity index (χ4n) is 4.00. The van der Waals surface area contributed by atoms with Crippen molar-refractivity contribution >= 4 is 17.7 Å². The lowest BCUT2D eigenvalue weighted by molar-refractivity contribution is -0.0221. The van der Waals surface area contributed by atoms with Gasteiger partial charge in [0.2, 0.25) is 11.8 Å². The molecule has 10 heteroatoms. The fourth-order valence-corrected chi connectivity index (χ4v) is 4.00. The molecular formula is C21H26F2N6O2. The maximum atomic E-state index is 13.4. The molecule has 1 amide bonds. The van der Waals surface area contributed by atoms with E-state index in [2.05, 4.69) is 20.3 Å². The van der Waals surface area contributed by atoms with E-state index in [1.807, 2.05) is 4.90 Å². The zero-order valence-corrected chi connectivity index (χ0v) is 17.1.